The predicted octanol–water partition coefficient (Wildman–Crippen LogP) is 1.98. The molecule has 2 aromatic rings. The summed E-state index contributed by atoms with van der Waals surface area (Å²) in [6.45, 7) is 0. The van der Waals surface area contributed by atoms with Crippen molar-refractivity contribution >= 4 is 17.2 Å². The van der Waals surface area contributed by atoms with Crippen molar-refractivity contribution in [3.63, 3.8) is 0 Å². The molecule has 1 aromatic heterocycles. The van der Waals surface area contributed by atoms with Crippen molar-refractivity contribution in [2.24, 2.45) is 7.05 Å². The summed E-state index contributed by atoms with van der Waals surface area (Å²) in [6, 6.07) is 7.97. The molecule has 0 saturated carbocycles. The minimum atomic E-state index is -0.175. The van der Waals surface area contributed by atoms with Gasteiger partial charge in [-0.3, -0.25) is 4.90 Å². The third kappa shape index (κ3) is 1.63. The summed E-state index contributed by atoms with van der Waals surface area (Å²) in [7, 11) is 5.84. The van der Waals surface area contributed by atoms with E-state index in [1.807, 2.05) is 44.4 Å². The first-order valence-corrected chi connectivity index (χ1v) is 5.31. The highest BCUT2D eigenvalue weighted by Crippen LogP contribution is 2.27. The van der Waals surface area contributed by atoms with Crippen LogP contribution < -0.4 is 0 Å². The fourth-order valence-electron chi connectivity index (χ4n) is 2.08. The van der Waals surface area contributed by atoms with Crippen molar-refractivity contribution in [3.8, 4) is 0 Å². The van der Waals surface area contributed by atoms with Crippen LogP contribution in [0.15, 0.2) is 30.5 Å². The van der Waals surface area contributed by atoms with Gasteiger partial charge in [0.05, 0.1) is 6.04 Å². The number of aldehydes is 1. The van der Waals surface area contributed by atoms with Crippen LogP contribution in [0.5, 0.6) is 0 Å². The zero-order valence-corrected chi connectivity index (χ0v) is 9.84. The van der Waals surface area contributed by atoms with Crippen LogP contribution in [-0.2, 0) is 11.8 Å². The Morgan fingerprint density at radius 2 is 2.00 bits per heavy atom. The lowest BCUT2D eigenvalue weighted by molar-refractivity contribution is -0.111. The molecule has 0 aliphatic carbocycles. The largest absolute Gasteiger partial charge is 0.350 e. The second-order valence-corrected chi connectivity index (χ2v) is 4.26. The number of carbonyl (C=O) groups is 1. The van der Waals surface area contributed by atoms with Gasteiger partial charge >= 0.3 is 0 Å². The van der Waals surface area contributed by atoms with Crippen LogP contribution >= 0.6 is 0 Å². The van der Waals surface area contributed by atoms with Crippen molar-refractivity contribution in [1.82, 2.24) is 9.47 Å². The summed E-state index contributed by atoms with van der Waals surface area (Å²) in [6.07, 6.45) is 3.02. The van der Waals surface area contributed by atoms with Crippen molar-refractivity contribution < 1.29 is 4.79 Å². The number of fused-ring (bicyclic) bond motifs is 1. The molecule has 0 amide bonds. The molecule has 0 N–H and O–H groups in total. The molecular formula is C13H16N2O. The summed E-state index contributed by atoms with van der Waals surface area (Å²) in [4.78, 5) is 13.1. The van der Waals surface area contributed by atoms with Gasteiger partial charge in [-0.25, -0.2) is 0 Å². The second kappa shape index (κ2) is 4.10. The molecule has 2 rings (SSSR count). The SMILES string of the molecule is CN(C)C(C=O)c1cn(C)c2ccccc12. The molecule has 0 fully saturated rings. The quantitative estimate of drug-likeness (QED) is 0.733. The molecule has 0 radical (unpaired) electrons. The van der Waals surface area contributed by atoms with E-state index in [1.165, 1.54) is 0 Å². The number of carbonyl (C=O) groups excluding carboxylic acids is 1. The first kappa shape index (κ1) is 10.9. The summed E-state index contributed by atoms with van der Waals surface area (Å²) in [5.74, 6) is 0. The van der Waals surface area contributed by atoms with Gasteiger partial charge in [0.25, 0.3) is 0 Å². The van der Waals surface area contributed by atoms with E-state index >= 15 is 0 Å². The number of rotatable bonds is 3. The highest BCUT2D eigenvalue weighted by atomic mass is 16.1. The number of aromatic nitrogens is 1. The molecule has 0 bridgehead atoms. The van der Waals surface area contributed by atoms with E-state index in [1.54, 1.807) is 0 Å². The van der Waals surface area contributed by atoms with Crippen molar-refractivity contribution in [2.75, 3.05) is 14.1 Å². The monoisotopic (exact) mass is 216 g/mol. The second-order valence-electron chi connectivity index (χ2n) is 4.26. The first-order chi connectivity index (χ1) is 7.65. The van der Waals surface area contributed by atoms with Crippen molar-refractivity contribution in [3.05, 3.63) is 36.0 Å². The minimum absolute atomic E-state index is 0.175. The highest BCUT2D eigenvalue weighted by Gasteiger charge is 2.17. The third-order valence-corrected chi connectivity index (χ3v) is 2.93. The van der Waals surface area contributed by atoms with Gasteiger partial charge in [0.1, 0.15) is 6.29 Å². The molecule has 1 aromatic carbocycles. The Morgan fingerprint density at radius 1 is 1.31 bits per heavy atom. The Bertz CT molecular complexity index is 514. The van der Waals surface area contributed by atoms with Crippen molar-refractivity contribution in [2.45, 2.75) is 6.04 Å². The van der Waals surface area contributed by atoms with Crippen LogP contribution in [0.4, 0.5) is 0 Å². The Balaban J connectivity index is 2.64. The molecule has 16 heavy (non-hydrogen) atoms. The predicted molar refractivity (Wildman–Crippen MR) is 65.4 cm³/mol. The first-order valence-electron chi connectivity index (χ1n) is 5.31. The third-order valence-electron chi connectivity index (χ3n) is 2.93. The number of hydrogen-bond donors (Lipinski definition) is 0. The Labute approximate surface area is 95.3 Å². The Kier molecular flexibility index (Phi) is 2.79. The van der Waals surface area contributed by atoms with Gasteiger partial charge in [-0.2, -0.15) is 0 Å². The van der Waals surface area contributed by atoms with Crippen molar-refractivity contribution in [1.29, 1.82) is 0 Å². The number of para-hydroxylation sites is 1. The lowest BCUT2D eigenvalue weighted by Crippen LogP contribution is -2.20. The van der Waals surface area contributed by atoms with Crippen LogP contribution in [0.2, 0.25) is 0 Å². The fraction of sp³-hybridized carbons (Fsp3) is 0.308. The molecule has 0 spiro atoms. The molecule has 1 unspecified atom stereocenters. The highest BCUT2D eigenvalue weighted by molar-refractivity contribution is 5.87. The maximum atomic E-state index is 11.1. The summed E-state index contributed by atoms with van der Waals surface area (Å²) in [5.41, 5.74) is 2.23. The maximum absolute atomic E-state index is 11.1. The average Bonchev–Trinajstić information content (AvgIpc) is 2.58. The van der Waals surface area contributed by atoms with Gasteiger partial charge in [0, 0.05) is 29.7 Å². The van der Waals surface area contributed by atoms with Crippen LogP contribution in [0, 0.1) is 0 Å². The number of aryl methyl sites for hydroxylation is 1. The zero-order chi connectivity index (χ0) is 11.7. The van der Waals surface area contributed by atoms with E-state index in [-0.39, 0.29) is 6.04 Å². The summed E-state index contributed by atoms with van der Waals surface area (Å²) < 4.78 is 2.06. The summed E-state index contributed by atoms with van der Waals surface area (Å²) >= 11 is 0. The maximum Gasteiger partial charge on any atom is 0.141 e. The van der Waals surface area contributed by atoms with Gasteiger partial charge < -0.3 is 9.36 Å². The molecule has 1 atom stereocenters. The van der Waals surface area contributed by atoms with Gasteiger partial charge in [-0.1, -0.05) is 18.2 Å². The molecule has 0 saturated heterocycles. The van der Waals surface area contributed by atoms with Gasteiger partial charge in [0.2, 0.25) is 0 Å². The molecule has 0 aliphatic rings. The minimum Gasteiger partial charge on any atom is -0.350 e. The van der Waals surface area contributed by atoms with Gasteiger partial charge in [-0.05, 0) is 20.2 Å². The molecule has 0 aliphatic heterocycles. The van der Waals surface area contributed by atoms with E-state index in [0.29, 0.717) is 0 Å². The topological polar surface area (TPSA) is 25.2 Å². The number of hydrogen-bond acceptors (Lipinski definition) is 2. The molecular weight excluding hydrogens is 200 g/mol. The molecule has 3 heteroatoms. The normalized spacial score (nSPS) is 13.2. The molecule has 1 heterocycles. The fourth-order valence-corrected chi connectivity index (χ4v) is 2.08. The van der Waals surface area contributed by atoms with Crippen LogP contribution in [0.3, 0.4) is 0 Å². The lowest BCUT2D eigenvalue weighted by Gasteiger charge is -2.17. The Hall–Kier alpha value is -1.61. The zero-order valence-electron chi connectivity index (χ0n) is 9.84. The van der Waals surface area contributed by atoms with Crippen LogP contribution in [0.25, 0.3) is 10.9 Å². The standard InChI is InChI=1S/C13H16N2O/c1-14(2)13(9-16)11-8-15(3)12-7-5-4-6-10(11)12/h4-9,13H,1-3H3. The van der Waals surface area contributed by atoms with Crippen LogP contribution in [-0.4, -0.2) is 29.8 Å². The van der Waals surface area contributed by atoms with Gasteiger partial charge in [0.15, 0.2) is 0 Å². The van der Waals surface area contributed by atoms with E-state index in [0.717, 1.165) is 22.8 Å². The van der Waals surface area contributed by atoms with E-state index in [2.05, 4.69) is 16.7 Å². The number of likely N-dealkylation sites (N-methyl/N-ethyl adjacent to an activating group) is 1. The van der Waals surface area contributed by atoms with Gasteiger partial charge in [-0.15, -0.1) is 0 Å². The van der Waals surface area contributed by atoms with E-state index in [9.17, 15) is 4.79 Å². The smallest absolute Gasteiger partial charge is 0.141 e. The van der Waals surface area contributed by atoms with E-state index < -0.39 is 0 Å². The molecule has 84 valence electrons. The average molecular weight is 216 g/mol. The lowest BCUT2D eigenvalue weighted by atomic mass is 10.1. The van der Waals surface area contributed by atoms with E-state index in [4.69, 9.17) is 0 Å². The number of nitrogens with zero attached hydrogens (tertiary/aromatic N) is 2. The summed E-state index contributed by atoms with van der Waals surface area (Å²) in [5, 5.41) is 1.15. The molecule has 3 nitrogen and oxygen atoms in total. The Morgan fingerprint density at radius 3 is 2.62 bits per heavy atom. The van der Waals surface area contributed by atoms with Crippen LogP contribution in [0.1, 0.15) is 11.6 Å². The number of benzene rings is 1.